The van der Waals surface area contributed by atoms with E-state index in [1.54, 1.807) is 6.07 Å². The normalized spacial score (nSPS) is 12.2. The number of halogens is 2. The number of ether oxygens (including phenoxy) is 1. The molecule has 0 radical (unpaired) electrons. The van der Waals surface area contributed by atoms with Gasteiger partial charge < -0.3 is 10.5 Å². The van der Waals surface area contributed by atoms with Crippen molar-refractivity contribution in [2.45, 2.75) is 19.4 Å². The Bertz CT molecular complexity index is 574. The van der Waals surface area contributed by atoms with Crippen LogP contribution in [0.15, 0.2) is 46.9 Å². The van der Waals surface area contributed by atoms with E-state index in [0.29, 0.717) is 10.8 Å². The lowest BCUT2D eigenvalue weighted by atomic mass is 10.1. The third-order valence-electron chi connectivity index (χ3n) is 2.85. The van der Waals surface area contributed by atoms with E-state index in [4.69, 9.17) is 22.1 Å². The minimum Gasteiger partial charge on any atom is -0.456 e. The number of rotatable bonds is 4. The Morgan fingerprint density at radius 2 is 2.05 bits per heavy atom. The molecule has 0 saturated carbocycles. The van der Waals surface area contributed by atoms with E-state index >= 15 is 0 Å². The first-order valence-corrected chi connectivity index (χ1v) is 7.25. The Hall–Kier alpha value is -1.03. The molecule has 2 aromatic rings. The van der Waals surface area contributed by atoms with Crippen molar-refractivity contribution in [1.29, 1.82) is 0 Å². The molecular formula is C15H15BrClNO. The topological polar surface area (TPSA) is 35.2 Å². The number of hydrogen-bond acceptors (Lipinski definition) is 2. The molecule has 19 heavy (non-hydrogen) atoms. The van der Waals surface area contributed by atoms with Gasteiger partial charge in [0.2, 0.25) is 0 Å². The summed E-state index contributed by atoms with van der Waals surface area (Å²) in [6.07, 6.45) is 0.890. The summed E-state index contributed by atoms with van der Waals surface area (Å²) in [5.41, 5.74) is 7.08. The van der Waals surface area contributed by atoms with E-state index < -0.39 is 0 Å². The van der Waals surface area contributed by atoms with Gasteiger partial charge in [-0.05, 0) is 42.3 Å². The van der Waals surface area contributed by atoms with Crippen molar-refractivity contribution in [2.24, 2.45) is 5.73 Å². The maximum absolute atomic E-state index is 6.11. The van der Waals surface area contributed by atoms with E-state index in [-0.39, 0.29) is 6.04 Å². The highest BCUT2D eigenvalue weighted by Crippen LogP contribution is 2.32. The Labute approximate surface area is 126 Å². The second-order valence-electron chi connectivity index (χ2n) is 4.26. The van der Waals surface area contributed by atoms with Crippen LogP contribution in [0.25, 0.3) is 0 Å². The molecule has 1 unspecified atom stereocenters. The quantitative estimate of drug-likeness (QED) is 0.819. The Kier molecular flexibility index (Phi) is 4.86. The Balaban J connectivity index is 2.26. The van der Waals surface area contributed by atoms with Gasteiger partial charge in [0.25, 0.3) is 0 Å². The SMILES string of the molecule is CCC(N)c1cccc(Oc2cc(Br)ccc2Cl)c1. The van der Waals surface area contributed by atoms with E-state index in [2.05, 4.69) is 22.9 Å². The van der Waals surface area contributed by atoms with Crippen LogP contribution in [-0.4, -0.2) is 0 Å². The fourth-order valence-corrected chi connectivity index (χ4v) is 2.22. The smallest absolute Gasteiger partial charge is 0.147 e. The van der Waals surface area contributed by atoms with Gasteiger partial charge in [-0.3, -0.25) is 0 Å². The van der Waals surface area contributed by atoms with Crippen molar-refractivity contribution in [3.05, 3.63) is 57.5 Å². The molecule has 4 heteroatoms. The van der Waals surface area contributed by atoms with E-state index in [1.165, 1.54) is 0 Å². The van der Waals surface area contributed by atoms with Crippen molar-refractivity contribution < 1.29 is 4.74 Å². The molecule has 0 aliphatic heterocycles. The minimum atomic E-state index is 0.0292. The van der Waals surface area contributed by atoms with Crippen molar-refractivity contribution in [3.8, 4) is 11.5 Å². The molecule has 0 aromatic heterocycles. The van der Waals surface area contributed by atoms with Crippen LogP contribution in [-0.2, 0) is 0 Å². The van der Waals surface area contributed by atoms with Crippen LogP contribution in [0.3, 0.4) is 0 Å². The predicted octanol–water partition coefficient (Wildman–Crippen LogP) is 5.30. The maximum atomic E-state index is 6.11. The monoisotopic (exact) mass is 339 g/mol. The van der Waals surface area contributed by atoms with Gasteiger partial charge in [0.05, 0.1) is 5.02 Å². The maximum Gasteiger partial charge on any atom is 0.147 e. The third kappa shape index (κ3) is 3.72. The fraction of sp³-hybridized carbons (Fsp3) is 0.200. The van der Waals surface area contributed by atoms with Crippen LogP contribution < -0.4 is 10.5 Å². The van der Waals surface area contributed by atoms with Crippen molar-refractivity contribution in [3.63, 3.8) is 0 Å². The van der Waals surface area contributed by atoms with Gasteiger partial charge in [0.1, 0.15) is 11.5 Å². The van der Waals surface area contributed by atoms with Crippen molar-refractivity contribution >= 4 is 27.5 Å². The van der Waals surface area contributed by atoms with Crippen LogP contribution in [0.1, 0.15) is 24.9 Å². The lowest BCUT2D eigenvalue weighted by Crippen LogP contribution is -2.08. The van der Waals surface area contributed by atoms with E-state index in [0.717, 1.165) is 22.2 Å². The molecule has 2 aromatic carbocycles. The zero-order valence-electron chi connectivity index (χ0n) is 10.6. The first-order chi connectivity index (χ1) is 9.10. The van der Waals surface area contributed by atoms with Crippen LogP contribution >= 0.6 is 27.5 Å². The molecule has 0 aliphatic rings. The summed E-state index contributed by atoms with van der Waals surface area (Å²) in [5, 5.41) is 0.577. The average molecular weight is 341 g/mol. The average Bonchev–Trinajstić information content (AvgIpc) is 2.42. The summed E-state index contributed by atoms with van der Waals surface area (Å²) in [6, 6.07) is 13.3. The van der Waals surface area contributed by atoms with Gasteiger partial charge in [-0.1, -0.05) is 46.6 Å². The largest absolute Gasteiger partial charge is 0.456 e. The Morgan fingerprint density at radius 3 is 2.79 bits per heavy atom. The zero-order chi connectivity index (χ0) is 13.8. The summed E-state index contributed by atoms with van der Waals surface area (Å²) in [4.78, 5) is 0. The summed E-state index contributed by atoms with van der Waals surface area (Å²) in [5.74, 6) is 1.36. The van der Waals surface area contributed by atoms with Crippen molar-refractivity contribution in [2.75, 3.05) is 0 Å². The second-order valence-corrected chi connectivity index (χ2v) is 5.59. The summed E-state index contributed by atoms with van der Waals surface area (Å²) in [7, 11) is 0. The lowest BCUT2D eigenvalue weighted by Gasteiger charge is -2.12. The highest BCUT2D eigenvalue weighted by atomic mass is 79.9. The van der Waals surface area contributed by atoms with Gasteiger partial charge >= 0.3 is 0 Å². The van der Waals surface area contributed by atoms with Crippen LogP contribution in [0, 0.1) is 0 Å². The number of hydrogen-bond donors (Lipinski definition) is 1. The van der Waals surface area contributed by atoms with E-state index in [1.807, 2.05) is 36.4 Å². The molecule has 0 aliphatic carbocycles. The molecule has 0 spiro atoms. The summed E-state index contributed by atoms with van der Waals surface area (Å²) >= 11 is 9.51. The minimum absolute atomic E-state index is 0.0292. The van der Waals surface area contributed by atoms with Gasteiger partial charge in [0.15, 0.2) is 0 Å². The highest BCUT2D eigenvalue weighted by molar-refractivity contribution is 9.10. The summed E-state index contributed by atoms with van der Waals surface area (Å²) in [6.45, 7) is 2.06. The molecule has 0 fully saturated rings. The first-order valence-electron chi connectivity index (χ1n) is 6.08. The number of nitrogens with two attached hydrogens (primary N) is 1. The van der Waals surface area contributed by atoms with Crippen molar-refractivity contribution in [1.82, 2.24) is 0 Å². The molecule has 2 rings (SSSR count). The van der Waals surface area contributed by atoms with Crippen LogP contribution in [0.4, 0.5) is 0 Å². The standard InChI is InChI=1S/C15H15BrClNO/c1-2-14(18)10-4-3-5-12(8-10)19-15-9-11(16)6-7-13(15)17/h3-9,14H,2,18H2,1H3. The summed E-state index contributed by atoms with van der Waals surface area (Å²) < 4.78 is 6.73. The lowest BCUT2D eigenvalue weighted by molar-refractivity contribution is 0.481. The third-order valence-corrected chi connectivity index (χ3v) is 3.65. The van der Waals surface area contributed by atoms with Crippen LogP contribution in [0.5, 0.6) is 11.5 Å². The Morgan fingerprint density at radius 1 is 1.26 bits per heavy atom. The van der Waals surface area contributed by atoms with Crippen LogP contribution in [0.2, 0.25) is 5.02 Å². The fourth-order valence-electron chi connectivity index (χ4n) is 1.73. The van der Waals surface area contributed by atoms with Gasteiger partial charge in [-0.15, -0.1) is 0 Å². The van der Waals surface area contributed by atoms with Gasteiger partial charge in [-0.25, -0.2) is 0 Å². The molecule has 1 atom stereocenters. The predicted molar refractivity (Wildman–Crippen MR) is 82.9 cm³/mol. The highest BCUT2D eigenvalue weighted by Gasteiger charge is 2.07. The first kappa shape index (κ1) is 14.4. The van der Waals surface area contributed by atoms with E-state index in [9.17, 15) is 0 Å². The molecule has 2 N–H and O–H groups in total. The molecule has 0 bridgehead atoms. The molecule has 100 valence electrons. The number of benzene rings is 2. The molecule has 0 saturated heterocycles. The zero-order valence-corrected chi connectivity index (χ0v) is 12.9. The van der Waals surface area contributed by atoms with Gasteiger partial charge in [-0.2, -0.15) is 0 Å². The molecule has 0 amide bonds. The molecule has 0 heterocycles. The molecular weight excluding hydrogens is 326 g/mol. The molecule has 2 nitrogen and oxygen atoms in total. The van der Waals surface area contributed by atoms with Gasteiger partial charge in [0, 0.05) is 10.5 Å². The second kappa shape index (κ2) is 6.42.